The molecule has 0 amide bonds. The van der Waals surface area contributed by atoms with Crippen LogP contribution in [0.15, 0.2) is 212 Å². The fourth-order valence-corrected chi connectivity index (χ4v) is 11.1. The maximum atomic E-state index is 5.65. The lowest BCUT2D eigenvalue weighted by molar-refractivity contribution is 0.682. The maximum absolute atomic E-state index is 5.65. The van der Waals surface area contributed by atoms with Crippen molar-refractivity contribution in [3.63, 3.8) is 0 Å². The van der Waals surface area contributed by atoms with Crippen molar-refractivity contribution in [3.05, 3.63) is 229 Å². The van der Waals surface area contributed by atoms with E-state index in [1.807, 2.05) is 0 Å². The van der Waals surface area contributed by atoms with Gasteiger partial charge in [0.2, 0.25) is 5.95 Å². The van der Waals surface area contributed by atoms with Crippen molar-refractivity contribution in [2.24, 2.45) is 0 Å². The molecule has 12 aromatic rings. The van der Waals surface area contributed by atoms with E-state index in [1.165, 1.54) is 71.5 Å². The first-order chi connectivity index (χ1) is 31.6. The Balaban J connectivity index is 1.11. The van der Waals surface area contributed by atoms with Gasteiger partial charge in [0, 0.05) is 38.4 Å². The van der Waals surface area contributed by atoms with Crippen LogP contribution in [0.5, 0.6) is 0 Å². The average Bonchev–Trinajstić information content (AvgIpc) is 3.71. The van der Waals surface area contributed by atoms with E-state index in [9.17, 15) is 0 Å². The number of aromatic nitrogens is 3. The first-order valence-electron chi connectivity index (χ1n) is 22.1. The highest BCUT2D eigenvalue weighted by Crippen LogP contribution is 2.56. The van der Waals surface area contributed by atoms with Gasteiger partial charge in [-0.1, -0.05) is 176 Å². The smallest absolute Gasteiger partial charge is 0.235 e. The molecule has 3 aliphatic rings. The van der Waals surface area contributed by atoms with E-state index in [1.54, 1.807) is 0 Å². The molecule has 0 fully saturated rings. The van der Waals surface area contributed by atoms with Crippen LogP contribution in [0.4, 0.5) is 17.1 Å². The molecule has 1 atom stereocenters. The van der Waals surface area contributed by atoms with Gasteiger partial charge in [-0.05, 0) is 98.2 Å². The van der Waals surface area contributed by atoms with E-state index in [4.69, 9.17) is 9.97 Å². The molecule has 0 aliphatic carbocycles. The highest BCUT2D eigenvalue weighted by Gasteiger charge is 2.42. The van der Waals surface area contributed by atoms with Crippen LogP contribution in [0, 0.1) is 0 Å². The van der Waals surface area contributed by atoms with Crippen LogP contribution in [0.2, 0.25) is 0 Å². The molecule has 3 aliphatic heterocycles. The Morgan fingerprint density at radius 2 is 1.11 bits per heavy atom. The van der Waals surface area contributed by atoms with Crippen LogP contribution in [0.1, 0.15) is 23.6 Å². The molecular weight excluding hydrogens is 777 g/mol. The molecular formula is C60H38N4. The number of hydrogen-bond acceptors (Lipinski definition) is 3. The van der Waals surface area contributed by atoms with Gasteiger partial charge in [-0.2, -0.15) is 0 Å². The first kappa shape index (κ1) is 35.3. The summed E-state index contributed by atoms with van der Waals surface area (Å²) in [5.74, 6) is 0.652. The summed E-state index contributed by atoms with van der Waals surface area (Å²) in [7, 11) is 0. The minimum atomic E-state index is -0.504. The van der Waals surface area contributed by atoms with Gasteiger partial charge >= 0.3 is 0 Å². The lowest BCUT2D eigenvalue weighted by Crippen LogP contribution is -2.34. The normalized spacial score (nSPS) is 15.0. The molecule has 298 valence electrons. The molecule has 15 rings (SSSR count). The van der Waals surface area contributed by atoms with Crippen LogP contribution >= 0.6 is 0 Å². The summed E-state index contributed by atoms with van der Waals surface area (Å²) in [5, 5.41) is 8.28. The van der Waals surface area contributed by atoms with Gasteiger partial charge in [0.25, 0.3) is 0 Å². The van der Waals surface area contributed by atoms with Crippen molar-refractivity contribution in [3.8, 4) is 39.5 Å². The minimum Gasteiger partial charge on any atom is -0.310 e. The lowest BCUT2D eigenvalue weighted by atomic mass is 9.67. The second-order valence-electron chi connectivity index (χ2n) is 17.5. The van der Waals surface area contributed by atoms with E-state index in [2.05, 4.69) is 229 Å². The number of para-hydroxylation sites is 3. The summed E-state index contributed by atoms with van der Waals surface area (Å²) in [5.41, 5.74) is 16.3. The molecule has 0 saturated carbocycles. The van der Waals surface area contributed by atoms with Crippen LogP contribution in [0.25, 0.3) is 93.7 Å². The van der Waals surface area contributed by atoms with Crippen molar-refractivity contribution in [1.82, 2.24) is 14.5 Å². The van der Waals surface area contributed by atoms with Gasteiger partial charge in [-0.15, -0.1) is 0 Å². The van der Waals surface area contributed by atoms with Crippen LogP contribution in [-0.4, -0.2) is 14.5 Å². The van der Waals surface area contributed by atoms with E-state index < -0.39 is 5.41 Å². The summed E-state index contributed by atoms with van der Waals surface area (Å²) in [6.07, 6.45) is 0. The van der Waals surface area contributed by atoms with Gasteiger partial charge in [-0.25, -0.2) is 9.97 Å². The molecule has 10 aromatic carbocycles. The predicted molar refractivity (Wildman–Crippen MR) is 265 cm³/mol. The van der Waals surface area contributed by atoms with E-state index in [0.717, 1.165) is 50.0 Å². The van der Waals surface area contributed by atoms with Gasteiger partial charge < -0.3 is 4.90 Å². The van der Waals surface area contributed by atoms with Crippen LogP contribution in [0.3, 0.4) is 0 Å². The SMILES string of the molecule is CC12c3ccc4c(-c5ccc(-c6cccc7ccccc67)cc5)nc(nc4c3)-n3c4ccc5ccccc5c4c4cccc(c43)-c3ccc1c(c3)N(c1ccccc1)c1ccccc12. The Morgan fingerprint density at radius 3 is 1.98 bits per heavy atom. The molecule has 2 aromatic heterocycles. The third kappa shape index (κ3) is 4.82. The number of hydrogen-bond donors (Lipinski definition) is 0. The van der Waals surface area contributed by atoms with Crippen molar-refractivity contribution in [2.45, 2.75) is 12.3 Å². The third-order valence-electron chi connectivity index (χ3n) is 14.2. The molecule has 0 saturated heterocycles. The molecule has 1 unspecified atom stereocenters. The third-order valence-corrected chi connectivity index (χ3v) is 14.2. The second kappa shape index (κ2) is 13.1. The topological polar surface area (TPSA) is 34.0 Å². The Morgan fingerprint density at radius 1 is 0.438 bits per heavy atom. The highest BCUT2D eigenvalue weighted by atomic mass is 15.2. The largest absolute Gasteiger partial charge is 0.310 e. The number of rotatable bonds is 3. The van der Waals surface area contributed by atoms with Gasteiger partial charge in [0.15, 0.2) is 0 Å². The predicted octanol–water partition coefficient (Wildman–Crippen LogP) is 15.5. The Labute approximate surface area is 370 Å². The van der Waals surface area contributed by atoms with Crippen molar-refractivity contribution >= 4 is 71.3 Å². The summed E-state index contributed by atoms with van der Waals surface area (Å²) in [6.45, 7) is 2.39. The molecule has 4 heteroatoms. The molecule has 4 nitrogen and oxygen atoms in total. The van der Waals surface area contributed by atoms with Crippen molar-refractivity contribution in [1.29, 1.82) is 0 Å². The van der Waals surface area contributed by atoms with E-state index in [0.29, 0.717) is 5.95 Å². The van der Waals surface area contributed by atoms with E-state index >= 15 is 0 Å². The number of benzene rings is 10. The summed E-state index contributed by atoms with van der Waals surface area (Å²) < 4.78 is 2.33. The molecule has 0 N–H and O–H groups in total. The second-order valence-corrected chi connectivity index (χ2v) is 17.5. The highest BCUT2D eigenvalue weighted by molar-refractivity contribution is 6.23. The molecule has 0 spiro atoms. The molecule has 5 heterocycles. The van der Waals surface area contributed by atoms with E-state index in [-0.39, 0.29) is 0 Å². The summed E-state index contributed by atoms with van der Waals surface area (Å²) in [4.78, 5) is 13.7. The first-order valence-corrected chi connectivity index (χ1v) is 22.1. The van der Waals surface area contributed by atoms with Crippen LogP contribution < -0.4 is 4.90 Å². The summed E-state index contributed by atoms with van der Waals surface area (Å²) >= 11 is 0. The number of nitrogens with zero attached hydrogens (tertiary/aromatic N) is 4. The molecule has 0 radical (unpaired) electrons. The van der Waals surface area contributed by atoms with Crippen molar-refractivity contribution < 1.29 is 0 Å². The fraction of sp³-hybridized carbons (Fsp3) is 0.0333. The van der Waals surface area contributed by atoms with Gasteiger partial charge in [0.05, 0.1) is 33.6 Å². The number of anilines is 3. The Bertz CT molecular complexity index is 3920. The average molecular weight is 815 g/mol. The molecule has 64 heavy (non-hydrogen) atoms. The zero-order valence-corrected chi connectivity index (χ0v) is 35.0. The molecule has 7 bridgehead atoms. The van der Waals surface area contributed by atoms with Gasteiger partial charge in [0.1, 0.15) is 0 Å². The standard InChI is InChI=1S/C60H38N4/c1-60-42-31-32-48-52(36-42)61-59(62-57(48)40-27-25-39(26-28-40)45-20-11-15-37-13-5-7-18-44(37)45)64-54-34-30-38-14-6-8-19-46(38)56(54)49-22-12-21-47(58(49)64)41-29-33-51(60)55(35-41)63(43-16-3-2-4-17-43)53-24-10-9-23-50(53)60/h2-36H,1H3. The summed E-state index contributed by atoms with van der Waals surface area (Å²) in [6, 6.07) is 77.9. The quantitative estimate of drug-likeness (QED) is 0.178. The zero-order chi connectivity index (χ0) is 42.1. The Kier molecular flexibility index (Phi) is 7.21. The van der Waals surface area contributed by atoms with Crippen LogP contribution in [-0.2, 0) is 5.41 Å². The van der Waals surface area contributed by atoms with Crippen molar-refractivity contribution in [2.75, 3.05) is 4.90 Å². The fourth-order valence-electron chi connectivity index (χ4n) is 11.1. The van der Waals surface area contributed by atoms with Gasteiger partial charge in [-0.3, -0.25) is 4.57 Å². The zero-order valence-electron chi connectivity index (χ0n) is 35.0. The number of fused-ring (bicyclic) bond motifs is 7. The Hall–Kier alpha value is -8.34. The minimum absolute atomic E-state index is 0.504. The lowest BCUT2D eigenvalue weighted by Gasteiger charge is -2.44. The monoisotopic (exact) mass is 814 g/mol. The maximum Gasteiger partial charge on any atom is 0.235 e.